The molecular weight excluding hydrogens is 458 g/mol. The van der Waals surface area contributed by atoms with Crippen molar-refractivity contribution in [2.24, 2.45) is 0 Å². The van der Waals surface area contributed by atoms with Gasteiger partial charge in [0.15, 0.2) is 6.61 Å². The van der Waals surface area contributed by atoms with Crippen LogP contribution in [0.2, 0.25) is 0 Å². The van der Waals surface area contributed by atoms with Crippen molar-refractivity contribution in [3.05, 3.63) is 102 Å². The molecule has 0 saturated carbocycles. The van der Waals surface area contributed by atoms with Gasteiger partial charge in [0, 0.05) is 18.0 Å². The van der Waals surface area contributed by atoms with Crippen LogP contribution in [-0.4, -0.2) is 42.4 Å². The molecule has 186 valence electrons. The zero-order valence-corrected chi connectivity index (χ0v) is 20.2. The normalized spacial score (nSPS) is 11.3. The van der Waals surface area contributed by atoms with E-state index in [1.807, 2.05) is 44.2 Å². The first-order valence-corrected chi connectivity index (χ1v) is 11.6. The molecule has 0 radical (unpaired) electrons. The third kappa shape index (κ3) is 7.80. The number of ether oxygens (including phenoxy) is 1. The highest BCUT2D eigenvalue weighted by molar-refractivity contribution is 6.04. The van der Waals surface area contributed by atoms with Gasteiger partial charge in [-0.15, -0.1) is 0 Å². The molecule has 0 unspecified atom stereocenters. The number of para-hydroxylation sites is 1. The van der Waals surface area contributed by atoms with E-state index in [0.717, 1.165) is 5.56 Å². The van der Waals surface area contributed by atoms with Crippen LogP contribution in [0.1, 0.15) is 40.1 Å². The number of amides is 3. The van der Waals surface area contributed by atoms with Gasteiger partial charge in [-0.1, -0.05) is 60.7 Å². The minimum absolute atomic E-state index is 0.0742. The van der Waals surface area contributed by atoms with E-state index >= 15 is 0 Å². The first-order chi connectivity index (χ1) is 17.3. The summed E-state index contributed by atoms with van der Waals surface area (Å²) in [6.07, 6.45) is 0.193. The molecule has 0 aliphatic heterocycles. The lowest BCUT2D eigenvalue weighted by molar-refractivity contribution is -0.149. The van der Waals surface area contributed by atoms with E-state index < -0.39 is 30.4 Å². The van der Waals surface area contributed by atoms with Crippen molar-refractivity contribution in [1.82, 2.24) is 10.6 Å². The van der Waals surface area contributed by atoms with Crippen molar-refractivity contribution in [2.75, 3.05) is 11.9 Å². The number of nitrogens with one attached hydrogen (secondary N) is 3. The summed E-state index contributed by atoms with van der Waals surface area (Å²) in [5.74, 6) is -2.11. The van der Waals surface area contributed by atoms with E-state index in [0.29, 0.717) is 16.8 Å². The molecule has 0 aliphatic rings. The number of hydrogen-bond acceptors (Lipinski definition) is 5. The lowest BCUT2D eigenvalue weighted by Gasteiger charge is -2.18. The molecule has 3 aromatic rings. The number of hydrogen-bond donors (Lipinski definition) is 3. The Balaban J connectivity index is 1.65. The standard InChI is InChI=1S/C28H29N3O5/c1-19(2)29-27(34)22-15-9-10-16-23(22)30-25(32)18-36-28(35)24(17-20-11-5-3-6-12-20)31-26(33)21-13-7-4-8-14-21/h3-16,19,24H,17-18H2,1-2H3,(H,29,34)(H,30,32)(H,31,33)/t24-/m0/s1. The second kappa shape index (κ2) is 12.9. The van der Waals surface area contributed by atoms with E-state index in [1.165, 1.54) is 0 Å². The fourth-order valence-corrected chi connectivity index (χ4v) is 3.43. The molecule has 0 aliphatic carbocycles. The fraction of sp³-hybridized carbons (Fsp3) is 0.214. The second-order valence-corrected chi connectivity index (χ2v) is 8.41. The summed E-state index contributed by atoms with van der Waals surface area (Å²) < 4.78 is 5.25. The third-order valence-corrected chi connectivity index (χ3v) is 5.12. The van der Waals surface area contributed by atoms with Crippen molar-refractivity contribution in [1.29, 1.82) is 0 Å². The highest BCUT2D eigenvalue weighted by Gasteiger charge is 2.24. The number of esters is 1. The minimum Gasteiger partial charge on any atom is -0.454 e. The Morgan fingerprint density at radius 3 is 2.03 bits per heavy atom. The smallest absolute Gasteiger partial charge is 0.329 e. The molecule has 36 heavy (non-hydrogen) atoms. The number of benzene rings is 3. The summed E-state index contributed by atoms with van der Waals surface area (Å²) in [7, 11) is 0. The number of carbonyl (C=O) groups is 4. The van der Waals surface area contributed by atoms with Crippen LogP contribution in [0.5, 0.6) is 0 Å². The van der Waals surface area contributed by atoms with Crippen LogP contribution in [0, 0.1) is 0 Å². The monoisotopic (exact) mass is 487 g/mol. The molecular formula is C28H29N3O5. The zero-order chi connectivity index (χ0) is 25.9. The summed E-state index contributed by atoms with van der Waals surface area (Å²) in [6, 6.07) is 23.2. The molecule has 0 aromatic heterocycles. The van der Waals surface area contributed by atoms with Crippen molar-refractivity contribution >= 4 is 29.4 Å². The minimum atomic E-state index is -1.00. The highest BCUT2D eigenvalue weighted by atomic mass is 16.5. The SMILES string of the molecule is CC(C)NC(=O)c1ccccc1NC(=O)COC(=O)[C@H](Cc1ccccc1)NC(=O)c1ccccc1. The van der Waals surface area contributed by atoms with Gasteiger partial charge in [0.05, 0.1) is 11.3 Å². The van der Waals surface area contributed by atoms with E-state index in [9.17, 15) is 19.2 Å². The molecule has 0 heterocycles. The molecule has 3 rings (SSSR count). The molecule has 0 bridgehead atoms. The summed E-state index contributed by atoms with van der Waals surface area (Å²) in [6.45, 7) is 3.09. The van der Waals surface area contributed by atoms with Crippen molar-refractivity contribution < 1.29 is 23.9 Å². The topological polar surface area (TPSA) is 114 Å². The average Bonchev–Trinajstić information content (AvgIpc) is 2.88. The predicted octanol–water partition coefficient (Wildman–Crippen LogP) is 3.35. The Bertz CT molecular complexity index is 1200. The Kier molecular flexibility index (Phi) is 9.33. The van der Waals surface area contributed by atoms with E-state index in [4.69, 9.17) is 4.74 Å². The summed E-state index contributed by atoms with van der Waals surface area (Å²) in [4.78, 5) is 50.5. The molecule has 1 atom stereocenters. The number of rotatable bonds is 10. The Morgan fingerprint density at radius 1 is 0.750 bits per heavy atom. The van der Waals surface area contributed by atoms with Gasteiger partial charge < -0.3 is 20.7 Å². The molecule has 0 spiro atoms. The zero-order valence-electron chi connectivity index (χ0n) is 20.2. The van der Waals surface area contributed by atoms with Gasteiger partial charge in [0.25, 0.3) is 17.7 Å². The molecule has 0 fully saturated rings. The van der Waals surface area contributed by atoms with Crippen LogP contribution in [0.15, 0.2) is 84.9 Å². The first-order valence-electron chi connectivity index (χ1n) is 11.6. The Morgan fingerprint density at radius 2 is 1.36 bits per heavy atom. The van der Waals surface area contributed by atoms with Gasteiger partial charge in [-0.3, -0.25) is 14.4 Å². The van der Waals surface area contributed by atoms with Crippen LogP contribution in [0.3, 0.4) is 0 Å². The van der Waals surface area contributed by atoms with Gasteiger partial charge >= 0.3 is 5.97 Å². The van der Waals surface area contributed by atoms with Gasteiger partial charge in [0.2, 0.25) is 0 Å². The maximum Gasteiger partial charge on any atom is 0.329 e. The lowest BCUT2D eigenvalue weighted by atomic mass is 10.1. The summed E-state index contributed by atoms with van der Waals surface area (Å²) in [5.41, 5.74) is 1.82. The van der Waals surface area contributed by atoms with Crippen LogP contribution in [0.4, 0.5) is 5.69 Å². The van der Waals surface area contributed by atoms with Gasteiger partial charge in [0.1, 0.15) is 6.04 Å². The Labute approximate surface area is 210 Å². The van der Waals surface area contributed by atoms with E-state index in [1.54, 1.807) is 54.6 Å². The third-order valence-electron chi connectivity index (χ3n) is 5.12. The number of carbonyl (C=O) groups excluding carboxylic acids is 4. The van der Waals surface area contributed by atoms with Crippen molar-refractivity contribution in [2.45, 2.75) is 32.4 Å². The largest absolute Gasteiger partial charge is 0.454 e. The van der Waals surface area contributed by atoms with Crippen LogP contribution >= 0.6 is 0 Å². The maximum absolute atomic E-state index is 12.9. The van der Waals surface area contributed by atoms with Crippen molar-refractivity contribution in [3.8, 4) is 0 Å². The molecule has 3 N–H and O–H groups in total. The van der Waals surface area contributed by atoms with Crippen LogP contribution in [0.25, 0.3) is 0 Å². The molecule has 8 nitrogen and oxygen atoms in total. The predicted molar refractivity (Wildman–Crippen MR) is 136 cm³/mol. The first kappa shape index (κ1) is 26.2. The van der Waals surface area contributed by atoms with Gasteiger partial charge in [-0.25, -0.2) is 4.79 Å². The lowest BCUT2D eigenvalue weighted by Crippen LogP contribution is -2.44. The second-order valence-electron chi connectivity index (χ2n) is 8.41. The maximum atomic E-state index is 12.9. The van der Waals surface area contributed by atoms with Crippen LogP contribution < -0.4 is 16.0 Å². The quantitative estimate of drug-likeness (QED) is 0.380. The average molecular weight is 488 g/mol. The molecule has 3 amide bonds. The summed E-state index contributed by atoms with van der Waals surface area (Å²) >= 11 is 0. The van der Waals surface area contributed by atoms with Crippen molar-refractivity contribution in [3.63, 3.8) is 0 Å². The molecule has 0 saturated heterocycles. The van der Waals surface area contributed by atoms with Gasteiger partial charge in [-0.05, 0) is 43.7 Å². The summed E-state index contributed by atoms with van der Waals surface area (Å²) in [5, 5.41) is 8.09. The highest BCUT2D eigenvalue weighted by Crippen LogP contribution is 2.15. The van der Waals surface area contributed by atoms with E-state index in [-0.39, 0.29) is 18.4 Å². The van der Waals surface area contributed by atoms with Crippen LogP contribution in [-0.2, 0) is 20.7 Å². The van der Waals surface area contributed by atoms with E-state index in [2.05, 4.69) is 16.0 Å². The Hall–Kier alpha value is -4.46. The van der Waals surface area contributed by atoms with Gasteiger partial charge in [-0.2, -0.15) is 0 Å². The number of anilines is 1. The fourth-order valence-electron chi connectivity index (χ4n) is 3.43. The molecule has 8 heteroatoms. The molecule has 3 aromatic carbocycles.